The van der Waals surface area contributed by atoms with Crippen LogP contribution < -0.4 is 11.1 Å². The average Bonchev–Trinajstić information content (AvgIpc) is 2.62. The molecule has 26 heavy (non-hydrogen) atoms. The molecule has 0 amide bonds. The zero-order valence-electron chi connectivity index (χ0n) is 14.3. The van der Waals surface area contributed by atoms with Crippen LogP contribution in [0.1, 0.15) is 17.0 Å². The van der Waals surface area contributed by atoms with Gasteiger partial charge in [0.2, 0.25) is 11.9 Å². The van der Waals surface area contributed by atoms with Crippen LogP contribution in [0.5, 0.6) is 0 Å². The number of benzene rings is 2. The number of carbonyl (C=O) groups excluding carboxylic acids is 1. The summed E-state index contributed by atoms with van der Waals surface area (Å²) in [6, 6.07) is 17.1. The molecule has 1 aromatic heterocycles. The van der Waals surface area contributed by atoms with Crippen LogP contribution in [-0.2, 0) is 22.6 Å². The van der Waals surface area contributed by atoms with Crippen molar-refractivity contribution in [3.8, 4) is 0 Å². The number of rotatable bonds is 6. The van der Waals surface area contributed by atoms with Crippen molar-refractivity contribution in [1.82, 2.24) is 15.0 Å². The number of nitrogens with one attached hydrogen (secondary N) is 1. The number of nitrogen functional groups attached to an aromatic ring is 1. The van der Waals surface area contributed by atoms with E-state index in [0.29, 0.717) is 5.95 Å². The Hall–Kier alpha value is -3.48. The van der Waals surface area contributed by atoms with Gasteiger partial charge in [0.1, 0.15) is 0 Å². The summed E-state index contributed by atoms with van der Waals surface area (Å²) < 4.78 is 5.23. The van der Waals surface area contributed by atoms with Crippen molar-refractivity contribution in [3.05, 3.63) is 71.5 Å². The number of aromatic nitrogens is 3. The standard InChI is InChI=1S/C19H19N5O2/c1-13-7-9-15(10-8-13)21-19-23-16(22-18(20)24-19)12-26-17(25)11-14-5-3-2-4-6-14/h2-10H,11-12H2,1H3,(H3,20,21,22,23,24). The van der Waals surface area contributed by atoms with Crippen LogP contribution in [0, 0.1) is 6.92 Å². The van der Waals surface area contributed by atoms with Crippen LogP contribution in [0.3, 0.4) is 0 Å². The molecule has 0 aliphatic carbocycles. The highest BCUT2D eigenvalue weighted by molar-refractivity contribution is 5.72. The molecule has 0 radical (unpaired) electrons. The minimum absolute atomic E-state index is 0.0590. The molecule has 0 aliphatic rings. The number of hydrogen-bond donors (Lipinski definition) is 2. The van der Waals surface area contributed by atoms with Gasteiger partial charge in [0.15, 0.2) is 12.4 Å². The van der Waals surface area contributed by atoms with E-state index in [1.165, 1.54) is 0 Å². The number of nitrogens with zero attached hydrogens (tertiary/aromatic N) is 3. The normalized spacial score (nSPS) is 10.3. The summed E-state index contributed by atoms with van der Waals surface area (Å²) in [4.78, 5) is 24.2. The molecule has 0 atom stereocenters. The largest absolute Gasteiger partial charge is 0.457 e. The quantitative estimate of drug-likeness (QED) is 0.660. The first-order valence-electron chi connectivity index (χ1n) is 8.12. The highest BCUT2D eigenvalue weighted by Gasteiger charge is 2.09. The van der Waals surface area contributed by atoms with Gasteiger partial charge in [-0.15, -0.1) is 0 Å². The molecule has 3 aromatic rings. The lowest BCUT2D eigenvalue weighted by Crippen LogP contribution is -2.12. The first kappa shape index (κ1) is 17.3. The van der Waals surface area contributed by atoms with E-state index in [-0.39, 0.29) is 30.8 Å². The van der Waals surface area contributed by atoms with E-state index in [0.717, 1.165) is 16.8 Å². The second-order valence-corrected chi connectivity index (χ2v) is 5.75. The molecular formula is C19H19N5O2. The topological polar surface area (TPSA) is 103 Å². The van der Waals surface area contributed by atoms with E-state index in [9.17, 15) is 4.79 Å². The predicted molar refractivity (Wildman–Crippen MR) is 98.6 cm³/mol. The van der Waals surface area contributed by atoms with Crippen molar-refractivity contribution in [2.24, 2.45) is 0 Å². The molecule has 3 rings (SSSR count). The Balaban J connectivity index is 1.62. The molecule has 0 unspecified atom stereocenters. The molecule has 7 heteroatoms. The molecular weight excluding hydrogens is 330 g/mol. The van der Waals surface area contributed by atoms with Gasteiger partial charge in [-0.1, -0.05) is 48.0 Å². The van der Waals surface area contributed by atoms with Crippen LogP contribution in [-0.4, -0.2) is 20.9 Å². The van der Waals surface area contributed by atoms with Gasteiger partial charge in [0, 0.05) is 5.69 Å². The Labute approximate surface area is 151 Å². The van der Waals surface area contributed by atoms with Gasteiger partial charge >= 0.3 is 5.97 Å². The van der Waals surface area contributed by atoms with E-state index in [2.05, 4.69) is 20.3 Å². The van der Waals surface area contributed by atoms with E-state index in [1.54, 1.807) is 0 Å². The van der Waals surface area contributed by atoms with E-state index < -0.39 is 0 Å². The molecule has 3 N–H and O–H groups in total. The highest BCUT2D eigenvalue weighted by atomic mass is 16.5. The molecule has 0 spiro atoms. The summed E-state index contributed by atoms with van der Waals surface area (Å²) in [6.45, 7) is 1.94. The summed E-state index contributed by atoms with van der Waals surface area (Å²) in [5.41, 5.74) is 8.58. The molecule has 0 saturated heterocycles. The van der Waals surface area contributed by atoms with Crippen molar-refractivity contribution >= 4 is 23.6 Å². The van der Waals surface area contributed by atoms with Gasteiger partial charge < -0.3 is 15.8 Å². The zero-order valence-corrected chi connectivity index (χ0v) is 14.3. The smallest absolute Gasteiger partial charge is 0.310 e. The Morgan fingerprint density at radius 1 is 1.04 bits per heavy atom. The van der Waals surface area contributed by atoms with Crippen molar-refractivity contribution in [2.75, 3.05) is 11.1 Å². The van der Waals surface area contributed by atoms with Crippen LogP contribution in [0.15, 0.2) is 54.6 Å². The molecule has 0 bridgehead atoms. The average molecular weight is 349 g/mol. The monoisotopic (exact) mass is 349 g/mol. The van der Waals surface area contributed by atoms with E-state index >= 15 is 0 Å². The number of esters is 1. The fourth-order valence-corrected chi connectivity index (χ4v) is 2.28. The Morgan fingerprint density at radius 2 is 1.77 bits per heavy atom. The summed E-state index contributed by atoms with van der Waals surface area (Å²) in [7, 11) is 0. The van der Waals surface area contributed by atoms with Gasteiger partial charge in [-0.2, -0.15) is 15.0 Å². The SMILES string of the molecule is Cc1ccc(Nc2nc(N)nc(COC(=O)Cc3ccccc3)n2)cc1. The lowest BCUT2D eigenvalue weighted by molar-refractivity contribution is -0.144. The van der Waals surface area contributed by atoms with E-state index in [1.807, 2.05) is 61.5 Å². The number of aryl methyl sites for hydroxylation is 1. The van der Waals surface area contributed by atoms with Crippen LogP contribution in [0.2, 0.25) is 0 Å². The number of anilines is 3. The maximum atomic E-state index is 11.9. The third kappa shape index (κ3) is 5.01. The van der Waals surface area contributed by atoms with Gasteiger partial charge in [0.05, 0.1) is 6.42 Å². The maximum Gasteiger partial charge on any atom is 0.310 e. The fraction of sp³-hybridized carbons (Fsp3) is 0.158. The predicted octanol–water partition coefficient (Wildman–Crippen LogP) is 2.79. The van der Waals surface area contributed by atoms with Gasteiger partial charge in [-0.25, -0.2) is 0 Å². The van der Waals surface area contributed by atoms with Crippen LogP contribution in [0.4, 0.5) is 17.6 Å². The maximum absolute atomic E-state index is 11.9. The highest BCUT2D eigenvalue weighted by Crippen LogP contribution is 2.14. The minimum atomic E-state index is -0.358. The first-order valence-corrected chi connectivity index (χ1v) is 8.12. The number of ether oxygens (including phenoxy) is 1. The van der Waals surface area contributed by atoms with Crippen LogP contribution >= 0.6 is 0 Å². The summed E-state index contributed by atoms with van der Waals surface area (Å²) >= 11 is 0. The second kappa shape index (κ2) is 8.06. The Bertz CT molecular complexity index is 882. The van der Waals surface area contributed by atoms with Gasteiger partial charge in [0.25, 0.3) is 0 Å². The van der Waals surface area contributed by atoms with Crippen molar-refractivity contribution < 1.29 is 9.53 Å². The molecule has 0 aliphatic heterocycles. The van der Waals surface area contributed by atoms with E-state index in [4.69, 9.17) is 10.5 Å². The van der Waals surface area contributed by atoms with Crippen molar-refractivity contribution in [3.63, 3.8) is 0 Å². The summed E-state index contributed by atoms with van der Waals surface area (Å²) in [5, 5.41) is 3.06. The molecule has 7 nitrogen and oxygen atoms in total. The molecule has 0 saturated carbocycles. The second-order valence-electron chi connectivity index (χ2n) is 5.75. The van der Waals surface area contributed by atoms with Crippen molar-refractivity contribution in [2.45, 2.75) is 20.0 Å². The molecule has 1 heterocycles. The third-order valence-corrected chi connectivity index (χ3v) is 3.56. The first-order chi connectivity index (χ1) is 12.6. The molecule has 132 valence electrons. The number of hydrogen-bond acceptors (Lipinski definition) is 7. The van der Waals surface area contributed by atoms with Gasteiger partial charge in [-0.3, -0.25) is 4.79 Å². The van der Waals surface area contributed by atoms with Crippen molar-refractivity contribution in [1.29, 1.82) is 0 Å². The number of carbonyl (C=O) groups is 1. The zero-order chi connectivity index (χ0) is 18.4. The Morgan fingerprint density at radius 3 is 2.50 bits per heavy atom. The summed E-state index contributed by atoms with van der Waals surface area (Å²) in [5.74, 6) is 0.288. The third-order valence-electron chi connectivity index (χ3n) is 3.56. The summed E-state index contributed by atoms with van der Waals surface area (Å²) in [6.07, 6.45) is 0.190. The minimum Gasteiger partial charge on any atom is -0.457 e. The fourth-order valence-electron chi connectivity index (χ4n) is 2.28. The lowest BCUT2D eigenvalue weighted by Gasteiger charge is -2.08. The lowest BCUT2D eigenvalue weighted by atomic mass is 10.2. The Kier molecular flexibility index (Phi) is 5.38. The van der Waals surface area contributed by atoms with Gasteiger partial charge in [-0.05, 0) is 24.6 Å². The number of nitrogens with two attached hydrogens (primary N) is 1. The van der Waals surface area contributed by atoms with Crippen LogP contribution in [0.25, 0.3) is 0 Å². The molecule has 0 fully saturated rings. The molecule has 2 aromatic carbocycles.